The minimum Gasteiger partial charge on any atom is -0.460 e. The van der Waals surface area contributed by atoms with E-state index in [9.17, 15) is 4.79 Å². The highest BCUT2D eigenvalue weighted by Crippen LogP contribution is 1.94. The maximum atomic E-state index is 10.7. The van der Waals surface area contributed by atoms with Gasteiger partial charge in [-0.1, -0.05) is 6.08 Å². The van der Waals surface area contributed by atoms with Crippen LogP contribution < -0.4 is 0 Å². The van der Waals surface area contributed by atoms with Crippen LogP contribution in [0, 0.1) is 0 Å². The van der Waals surface area contributed by atoms with E-state index in [-0.39, 0.29) is 19.2 Å². The van der Waals surface area contributed by atoms with Gasteiger partial charge >= 0.3 is 5.97 Å². The minimum atomic E-state index is -0.364. The van der Waals surface area contributed by atoms with Crippen molar-refractivity contribution in [1.82, 2.24) is 0 Å². The number of hydrogen-bond donors (Lipinski definition) is 1. The van der Waals surface area contributed by atoms with Crippen LogP contribution >= 0.6 is 0 Å². The fourth-order valence-electron chi connectivity index (χ4n) is 0.370. The summed E-state index contributed by atoms with van der Waals surface area (Å²) >= 11 is 0. The molecule has 0 aromatic heterocycles. The first-order valence-electron chi connectivity index (χ1n) is 3.13. The highest BCUT2D eigenvalue weighted by molar-refractivity contribution is 5.87. The van der Waals surface area contributed by atoms with E-state index in [1.165, 1.54) is 0 Å². The van der Waals surface area contributed by atoms with Crippen molar-refractivity contribution in [3.05, 3.63) is 11.6 Å². The van der Waals surface area contributed by atoms with Crippen molar-refractivity contribution in [1.29, 1.82) is 0 Å². The summed E-state index contributed by atoms with van der Waals surface area (Å²) in [4.78, 5) is 10.7. The summed E-state index contributed by atoms with van der Waals surface area (Å²) in [6.07, 6.45) is 1.67. The molecule has 0 fully saturated rings. The van der Waals surface area contributed by atoms with Gasteiger partial charge in [0.05, 0.1) is 6.61 Å². The first-order valence-corrected chi connectivity index (χ1v) is 3.13. The molecule has 0 aromatic carbocycles. The Morgan fingerprint density at radius 2 is 2.30 bits per heavy atom. The lowest BCUT2D eigenvalue weighted by atomic mass is 10.3. The first-order chi connectivity index (χ1) is 4.72. The summed E-state index contributed by atoms with van der Waals surface area (Å²) in [6, 6.07) is 0. The predicted octanol–water partition coefficient (Wildman–Crippen LogP) is 0.488. The molecule has 0 aliphatic rings. The van der Waals surface area contributed by atoms with Gasteiger partial charge in [0.1, 0.15) is 6.61 Å². The molecule has 0 radical (unpaired) electrons. The SMILES string of the molecule is C/C=C(/C)C(=O)OCCO. The van der Waals surface area contributed by atoms with Gasteiger partial charge in [-0.05, 0) is 13.8 Å². The molecule has 0 aliphatic heterocycles. The van der Waals surface area contributed by atoms with Gasteiger partial charge in [-0.2, -0.15) is 0 Å². The zero-order valence-electron chi connectivity index (χ0n) is 6.26. The lowest BCUT2D eigenvalue weighted by molar-refractivity contribution is -0.139. The van der Waals surface area contributed by atoms with Crippen LogP contribution in [0.2, 0.25) is 0 Å². The van der Waals surface area contributed by atoms with Gasteiger partial charge in [0.2, 0.25) is 0 Å². The average Bonchev–Trinajstić information content (AvgIpc) is 1.98. The van der Waals surface area contributed by atoms with Crippen molar-refractivity contribution in [2.45, 2.75) is 13.8 Å². The monoisotopic (exact) mass is 144 g/mol. The molecule has 0 unspecified atom stereocenters. The zero-order valence-corrected chi connectivity index (χ0v) is 6.26. The van der Waals surface area contributed by atoms with Gasteiger partial charge in [0, 0.05) is 5.57 Å². The Bertz CT molecular complexity index is 138. The number of aliphatic hydroxyl groups is 1. The molecule has 0 saturated carbocycles. The second-order valence-corrected chi connectivity index (χ2v) is 1.83. The van der Waals surface area contributed by atoms with Crippen LogP contribution in [-0.2, 0) is 9.53 Å². The van der Waals surface area contributed by atoms with Crippen LogP contribution in [0.3, 0.4) is 0 Å². The molecule has 0 aromatic rings. The second kappa shape index (κ2) is 4.99. The van der Waals surface area contributed by atoms with Crippen LogP contribution in [0.25, 0.3) is 0 Å². The normalized spacial score (nSPS) is 11.3. The fraction of sp³-hybridized carbons (Fsp3) is 0.571. The van der Waals surface area contributed by atoms with Crippen LogP contribution in [0.15, 0.2) is 11.6 Å². The molecule has 0 saturated heterocycles. The molecule has 0 amide bonds. The van der Waals surface area contributed by atoms with Gasteiger partial charge in [-0.15, -0.1) is 0 Å². The molecule has 0 rings (SSSR count). The Morgan fingerprint density at radius 3 is 2.70 bits per heavy atom. The molecule has 0 atom stereocenters. The van der Waals surface area contributed by atoms with E-state index in [0.29, 0.717) is 5.57 Å². The number of allylic oxidation sites excluding steroid dienone is 1. The predicted molar refractivity (Wildman–Crippen MR) is 37.5 cm³/mol. The number of aliphatic hydroxyl groups excluding tert-OH is 1. The first kappa shape index (κ1) is 9.17. The quantitative estimate of drug-likeness (QED) is 0.463. The van der Waals surface area contributed by atoms with E-state index >= 15 is 0 Å². The second-order valence-electron chi connectivity index (χ2n) is 1.83. The number of carbonyl (C=O) groups is 1. The molecule has 0 spiro atoms. The number of carbonyl (C=O) groups excluding carboxylic acids is 1. The Hall–Kier alpha value is -0.830. The fourth-order valence-corrected chi connectivity index (χ4v) is 0.370. The van der Waals surface area contributed by atoms with Gasteiger partial charge < -0.3 is 9.84 Å². The van der Waals surface area contributed by atoms with Crippen molar-refractivity contribution in [2.75, 3.05) is 13.2 Å². The third-order valence-corrected chi connectivity index (χ3v) is 1.08. The molecule has 3 heteroatoms. The highest BCUT2D eigenvalue weighted by Gasteiger charge is 2.01. The molecule has 0 aliphatic carbocycles. The van der Waals surface area contributed by atoms with E-state index in [4.69, 9.17) is 5.11 Å². The van der Waals surface area contributed by atoms with Crippen molar-refractivity contribution in [3.8, 4) is 0 Å². The Balaban J connectivity index is 3.63. The maximum absolute atomic E-state index is 10.7. The van der Waals surface area contributed by atoms with Crippen LogP contribution in [0.5, 0.6) is 0 Å². The number of ether oxygens (including phenoxy) is 1. The van der Waals surface area contributed by atoms with Gasteiger partial charge in [-0.25, -0.2) is 4.79 Å². The van der Waals surface area contributed by atoms with E-state index in [1.54, 1.807) is 19.9 Å². The smallest absolute Gasteiger partial charge is 0.333 e. The van der Waals surface area contributed by atoms with Crippen molar-refractivity contribution in [2.24, 2.45) is 0 Å². The van der Waals surface area contributed by atoms with E-state index in [1.807, 2.05) is 0 Å². The minimum absolute atomic E-state index is 0.0734. The molecular weight excluding hydrogens is 132 g/mol. The van der Waals surface area contributed by atoms with E-state index < -0.39 is 0 Å². The average molecular weight is 144 g/mol. The molecular formula is C7H12O3. The van der Waals surface area contributed by atoms with Crippen LogP contribution in [0.1, 0.15) is 13.8 Å². The third-order valence-electron chi connectivity index (χ3n) is 1.08. The molecule has 0 heterocycles. The van der Waals surface area contributed by atoms with E-state index in [0.717, 1.165) is 0 Å². The molecule has 0 bridgehead atoms. The summed E-state index contributed by atoms with van der Waals surface area (Å²) < 4.78 is 4.59. The van der Waals surface area contributed by atoms with Gasteiger partial charge in [-0.3, -0.25) is 0 Å². The largest absolute Gasteiger partial charge is 0.460 e. The number of rotatable bonds is 3. The highest BCUT2D eigenvalue weighted by atomic mass is 16.5. The van der Waals surface area contributed by atoms with Crippen molar-refractivity contribution in [3.63, 3.8) is 0 Å². The van der Waals surface area contributed by atoms with Crippen LogP contribution in [0.4, 0.5) is 0 Å². The Morgan fingerprint density at radius 1 is 1.70 bits per heavy atom. The Kier molecular flexibility index (Phi) is 4.58. The number of hydrogen-bond acceptors (Lipinski definition) is 3. The summed E-state index contributed by atoms with van der Waals surface area (Å²) in [7, 11) is 0. The summed E-state index contributed by atoms with van der Waals surface area (Å²) in [5.41, 5.74) is 0.563. The molecule has 58 valence electrons. The lowest BCUT2D eigenvalue weighted by Gasteiger charge is -2.00. The maximum Gasteiger partial charge on any atom is 0.333 e. The summed E-state index contributed by atoms with van der Waals surface area (Å²) in [6.45, 7) is 3.38. The van der Waals surface area contributed by atoms with E-state index in [2.05, 4.69) is 4.74 Å². The summed E-state index contributed by atoms with van der Waals surface area (Å²) in [5.74, 6) is -0.364. The lowest BCUT2D eigenvalue weighted by Crippen LogP contribution is -2.08. The topological polar surface area (TPSA) is 46.5 Å². The zero-order chi connectivity index (χ0) is 7.98. The molecule has 10 heavy (non-hydrogen) atoms. The van der Waals surface area contributed by atoms with Crippen molar-refractivity contribution < 1.29 is 14.6 Å². The molecule has 1 N–H and O–H groups in total. The van der Waals surface area contributed by atoms with Gasteiger partial charge in [0.25, 0.3) is 0 Å². The summed E-state index contributed by atoms with van der Waals surface area (Å²) in [5, 5.41) is 8.27. The van der Waals surface area contributed by atoms with Crippen LogP contribution in [-0.4, -0.2) is 24.3 Å². The van der Waals surface area contributed by atoms with Crippen molar-refractivity contribution >= 4 is 5.97 Å². The number of esters is 1. The standard InChI is InChI=1S/C7H12O3/c1-3-6(2)7(9)10-5-4-8/h3,8H,4-5H2,1-2H3/b6-3-. The third kappa shape index (κ3) is 3.25. The molecule has 3 nitrogen and oxygen atoms in total. The van der Waals surface area contributed by atoms with Gasteiger partial charge in [0.15, 0.2) is 0 Å². The Labute approximate surface area is 60.3 Å².